The van der Waals surface area contributed by atoms with Crippen molar-refractivity contribution in [1.29, 1.82) is 0 Å². The zero-order valence-corrected chi connectivity index (χ0v) is 10.6. The zero-order chi connectivity index (χ0) is 12.7. The van der Waals surface area contributed by atoms with Gasteiger partial charge in [0, 0.05) is 38.5 Å². The second-order valence-electron chi connectivity index (χ2n) is 4.15. The van der Waals surface area contributed by atoms with E-state index in [1.165, 1.54) is 0 Å². The van der Waals surface area contributed by atoms with Gasteiger partial charge in [-0.3, -0.25) is 9.59 Å². The van der Waals surface area contributed by atoms with Crippen LogP contribution in [0.2, 0.25) is 0 Å². The maximum atomic E-state index is 11.2. The van der Waals surface area contributed by atoms with Crippen molar-refractivity contribution in [3.8, 4) is 0 Å². The first-order valence-corrected chi connectivity index (χ1v) is 6.26. The molecule has 17 heavy (non-hydrogen) atoms. The van der Waals surface area contributed by atoms with E-state index in [4.69, 9.17) is 4.42 Å². The lowest BCUT2D eigenvalue weighted by Crippen LogP contribution is -1.97. The van der Waals surface area contributed by atoms with E-state index in [1.807, 2.05) is 26.0 Å². The Morgan fingerprint density at radius 3 is 1.71 bits per heavy atom. The van der Waals surface area contributed by atoms with Crippen molar-refractivity contribution in [1.82, 2.24) is 0 Å². The van der Waals surface area contributed by atoms with Crippen LogP contribution in [0.5, 0.6) is 0 Å². The molecule has 0 aliphatic rings. The third kappa shape index (κ3) is 4.98. The maximum absolute atomic E-state index is 11.2. The Labute approximate surface area is 102 Å². The van der Waals surface area contributed by atoms with Gasteiger partial charge in [-0.15, -0.1) is 0 Å². The molecule has 0 N–H and O–H groups in total. The van der Waals surface area contributed by atoms with Crippen molar-refractivity contribution >= 4 is 11.6 Å². The number of ketones is 2. The van der Waals surface area contributed by atoms with Crippen LogP contribution >= 0.6 is 0 Å². The number of hydrogen-bond acceptors (Lipinski definition) is 3. The highest BCUT2D eigenvalue weighted by Gasteiger charge is 2.06. The van der Waals surface area contributed by atoms with E-state index < -0.39 is 0 Å². The quantitative estimate of drug-likeness (QED) is 0.696. The van der Waals surface area contributed by atoms with Crippen LogP contribution < -0.4 is 0 Å². The summed E-state index contributed by atoms with van der Waals surface area (Å²) in [6.07, 6.45) is 3.56. The monoisotopic (exact) mass is 236 g/mol. The average Bonchev–Trinajstić information content (AvgIpc) is 2.80. The molecule has 0 aliphatic carbocycles. The Bertz CT molecular complexity index is 342. The Balaban J connectivity index is 2.37. The van der Waals surface area contributed by atoms with Crippen LogP contribution in [-0.4, -0.2) is 11.6 Å². The molecule has 0 unspecified atom stereocenters. The summed E-state index contributed by atoms with van der Waals surface area (Å²) in [5.74, 6) is 2.18. The number of rotatable bonds is 8. The number of carbonyl (C=O) groups excluding carboxylic acids is 2. The lowest BCUT2D eigenvalue weighted by molar-refractivity contribution is -0.119. The van der Waals surface area contributed by atoms with E-state index in [-0.39, 0.29) is 11.6 Å². The predicted molar refractivity (Wildman–Crippen MR) is 65.9 cm³/mol. The summed E-state index contributed by atoms with van der Waals surface area (Å²) in [6.45, 7) is 3.73. The first-order chi connectivity index (χ1) is 8.15. The Hall–Kier alpha value is -1.38. The summed E-state index contributed by atoms with van der Waals surface area (Å²) < 4.78 is 5.57. The Morgan fingerprint density at radius 2 is 1.35 bits per heavy atom. The van der Waals surface area contributed by atoms with Crippen LogP contribution in [0, 0.1) is 0 Å². The standard InChI is InChI=1S/C14H20O3/c1-3-11(15)5-7-13-9-10-14(17-13)8-6-12(16)4-2/h9-10H,3-8H2,1-2H3. The minimum Gasteiger partial charge on any atom is -0.466 e. The molecular formula is C14H20O3. The van der Waals surface area contributed by atoms with Gasteiger partial charge in [0.25, 0.3) is 0 Å². The van der Waals surface area contributed by atoms with Gasteiger partial charge >= 0.3 is 0 Å². The fraction of sp³-hybridized carbons (Fsp3) is 0.571. The molecule has 3 nitrogen and oxygen atoms in total. The van der Waals surface area contributed by atoms with Crippen LogP contribution in [0.25, 0.3) is 0 Å². The largest absolute Gasteiger partial charge is 0.466 e. The first kappa shape index (κ1) is 13.7. The summed E-state index contributed by atoms with van der Waals surface area (Å²) in [6, 6.07) is 3.80. The summed E-state index contributed by atoms with van der Waals surface area (Å²) in [7, 11) is 0. The summed E-state index contributed by atoms with van der Waals surface area (Å²) in [4.78, 5) is 22.3. The van der Waals surface area contributed by atoms with Gasteiger partial charge in [0.1, 0.15) is 23.1 Å². The van der Waals surface area contributed by atoms with E-state index in [9.17, 15) is 9.59 Å². The lowest BCUT2D eigenvalue weighted by Gasteiger charge is -1.97. The second kappa shape index (κ2) is 7.05. The molecule has 0 saturated carbocycles. The van der Waals surface area contributed by atoms with E-state index >= 15 is 0 Å². The number of carbonyl (C=O) groups is 2. The number of furan rings is 1. The third-order valence-corrected chi connectivity index (χ3v) is 2.81. The van der Waals surface area contributed by atoms with E-state index in [2.05, 4.69) is 0 Å². The van der Waals surface area contributed by atoms with Crippen molar-refractivity contribution < 1.29 is 14.0 Å². The molecule has 1 heterocycles. The fourth-order valence-electron chi connectivity index (χ4n) is 1.57. The topological polar surface area (TPSA) is 47.3 Å². The van der Waals surface area contributed by atoms with Crippen LogP contribution in [0.4, 0.5) is 0 Å². The van der Waals surface area contributed by atoms with Crippen molar-refractivity contribution in [3.63, 3.8) is 0 Å². The van der Waals surface area contributed by atoms with Gasteiger partial charge in [-0.2, -0.15) is 0 Å². The summed E-state index contributed by atoms with van der Waals surface area (Å²) in [5, 5.41) is 0. The lowest BCUT2D eigenvalue weighted by atomic mass is 10.1. The molecule has 1 rings (SSSR count). The molecule has 0 aliphatic heterocycles. The molecule has 0 aromatic carbocycles. The van der Waals surface area contributed by atoms with Gasteiger partial charge in [0.2, 0.25) is 0 Å². The highest BCUT2D eigenvalue weighted by atomic mass is 16.3. The van der Waals surface area contributed by atoms with Crippen molar-refractivity contribution in [2.45, 2.75) is 52.4 Å². The van der Waals surface area contributed by atoms with Gasteiger partial charge < -0.3 is 4.42 Å². The van der Waals surface area contributed by atoms with Crippen molar-refractivity contribution in [2.24, 2.45) is 0 Å². The Kier molecular flexibility index (Phi) is 5.67. The molecule has 0 spiro atoms. The summed E-state index contributed by atoms with van der Waals surface area (Å²) in [5.41, 5.74) is 0. The molecule has 0 radical (unpaired) electrons. The van der Waals surface area contributed by atoms with Gasteiger partial charge in [-0.25, -0.2) is 0 Å². The van der Waals surface area contributed by atoms with Crippen LogP contribution in [0.15, 0.2) is 16.5 Å². The Morgan fingerprint density at radius 1 is 0.941 bits per heavy atom. The van der Waals surface area contributed by atoms with Gasteiger partial charge in [0.15, 0.2) is 0 Å². The fourth-order valence-corrected chi connectivity index (χ4v) is 1.57. The zero-order valence-electron chi connectivity index (χ0n) is 10.6. The number of Topliss-reactive ketones (excluding diaryl/α,β-unsaturated/α-hetero) is 2. The molecule has 1 aromatic rings. The highest BCUT2D eigenvalue weighted by molar-refractivity contribution is 5.78. The number of aryl methyl sites for hydroxylation is 2. The van der Waals surface area contributed by atoms with Crippen molar-refractivity contribution in [3.05, 3.63) is 23.7 Å². The van der Waals surface area contributed by atoms with Crippen LogP contribution in [0.1, 0.15) is 51.1 Å². The third-order valence-electron chi connectivity index (χ3n) is 2.81. The minimum absolute atomic E-state index is 0.254. The van der Waals surface area contributed by atoms with Gasteiger partial charge in [-0.05, 0) is 12.1 Å². The minimum atomic E-state index is 0.254. The molecule has 3 heteroatoms. The molecule has 0 bridgehead atoms. The van der Waals surface area contributed by atoms with E-state index in [0.717, 1.165) is 11.5 Å². The first-order valence-electron chi connectivity index (χ1n) is 6.26. The molecule has 1 aromatic heterocycles. The van der Waals surface area contributed by atoms with Gasteiger partial charge in [-0.1, -0.05) is 13.8 Å². The van der Waals surface area contributed by atoms with E-state index in [1.54, 1.807) is 0 Å². The molecule has 0 fully saturated rings. The summed E-state index contributed by atoms with van der Waals surface area (Å²) >= 11 is 0. The molecule has 0 amide bonds. The van der Waals surface area contributed by atoms with Crippen LogP contribution in [0.3, 0.4) is 0 Å². The molecule has 94 valence electrons. The molecular weight excluding hydrogens is 216 g/mol. The normalized spacial score (nSPS) is 10.5. The van der Waals surface area contributed by atoms with Crippen molar-refractivity contribution in [2.75, 3.05) is 0 Å². The number of hydrogen-bond donors (Lipinski definition) is 0. The maximum Gasteiger partial charge on any atom is 0.133 e. The SMILES string of the molecule is CCC(=O)CCc1ccc(CCC(=O)CC)o1. The molecule has 0 saturated heterocycles. The predicted octanol–water partition coefficient (Wildman–Crippen LogP) is 3.10. The highest BCUT2D eigenvalue weighted by Crippen LogP contribution is 2.12. The average molecular weight is 236 g/mol. The van der Waals surface area contributed by atoms with E-state index in [0.29, 0.717) is 38.5 Å². The van der Waals surface area contributed by atoms with Crippen LogP contribution in [-0.2, 0) is 22.4 Å². The second-order valence-corrected chi connectivity index (χ2v) is 4.15. The van der Waals surface area contributed by atoms with Gasteiger partial charge in [0.05, 0.1) is 0 Å². The molecule has 0 atom stereocenters. The smallest absolute Gasteiger partial charge is 0.133 e.